The van der Waals surface area contributed by atoms with Crippen molar-refractivity contribution in [3.8, 4) is 0 Å². The lowest BCUT2D eigenvalue weighted by Gasteiger charge is -2.19. The van der Waals surface area contributed by atoms with Crippen molar-refractivity contribution in [3.05, 3.63) is 46.7 Å². The number of para-hydroxylation sites is 2. The van der Waals surface area contributed by atoms with Gasteiger partial charge in [0.15, 0.2) is 0 Å². The number of rotatable bonds is 5. The van der Waals surface area contributed by atoms with Crippen LogP contribution in [0.15, 0.2) is 41.8 Å². The van der Waals surface area contributed by atoms with Gasteiger partial charge < -0.3 is 20.4 Å². The average Bonchev–Trinajstić information content (AvgIpc) is 3.36. The second-order valence-electron chi connectivity index (χ2n) is 6.36. The van der Waals surface area contributed by atoms with Crippen LogP contribution in [0.3, 0.4) is 0 Å². The number of nitrogens with zero attached hydrogens (tertiary/aromatic N) is 2. The van der Waals surface area contributed by atoms with Gasteiger partial charge in [-0.15, -0.1) is 11.3 Å². The fraction of sp³-hybridized carbons (Fsp3) is 0.316. The Balaban J connectivity index is 1.60. The smallest absolute Gasteiger partial charge is 0.321 e. The van der Waals surface area contributed by atoms with Gasteiger partial charge in [0.25, 0.3) is 5.91 Å². The molecule has 0 aliphatic carbocycles. The van der Waals surface area contributed by atoms with Crippen LogP contribution in [0.1, 0.15) is 22.5 Å². The normalized spacial score (nSPS) is 13.3. The van der Waals surface area contributed by atoms with Crippen LogP contribution in [0.5, 0.6) is 0 Å². The summed E-state index contributed by atoms with van der Waals surface area (Å²) in [4.78, 5) is 40.6. The maximum absolute atomic E-state index is 12.4. The van der Waals surface area contributed by atoms with E-state index in [1.54, 1.807) is 48.3 Å². The van der Waals surface area contributed by atoms with E-state index in [9.17, 15) is 14.4 Å². The molecule has 1 aromatic heterocycles. The predicted molar refractivity (Wildman–Crippen MR) is 106 cm³/mol. The molecule has 3 rings (SSSR count). The second-order valence-corrected chi connectivity index (χ2v) is 7.30. The van der Waals surface area contributed by atoms with Crippen LogP contribution in [0.2, 0.25) is 0 Å². The van der Waals surface area contributed by atoms with Crippen LogP contribution >= 0.6 is 11.3 Å². The molecule has 0 bridgehead atoms. The summed E-state index contributed by atoms with van der Waals surface area (Å²) in [5.74, 6) is -0.527. The number of thiophene rings is 1. The third-order valence-corrected chi connectivity index (χ3v) is 5.15. The molecule has 8 heteroatoms. The molecule has 1 aliphatic heterocycles. The van der Waals surface area contributed by atoms with Gasteiger partial charge in [0.05, 0.1) is 22.8 Å². The number of hydrogen-bond donors (Lipinski definition) is 2. The third-order valence-electron chi connectivity index (χ3n) is 4.30. The van der Waals surface area contributed by atoms with E-state index in [4.69, 9.17) is 0 Å². The molecule has 1 aromatic carbocycles. The van der Waals surface area contributed by atoms with Gasteiger partial charge in [0.2, 0.25) is 5.91 Å². The lowest BCUT2D eigenvalue weighted by atomic mass is 10.2. The van der Waals surface area contributed by atoms with E-state index in [-0.39, 0.29) is 24.4 Å². The number of nitrogens with one attached hydrogen (secondary N) is 2. The highest BCUT2D eigenvalue weighted by molar-refractivity contribution is 7.12. The van der Waals surface area contributed by atoms with E-state index in [0.717, 1.165) is 25.9 Å². The summed E-state index contributed by atoms with van der Waals surface area (Å²) in [6, 6.07) is 10.4. The van der Waals surface area contributed by atoms with Crippen molar-refractivity contribution in [1.82, 2.24) is 9.80 Å². The summed E-state index contributed by atoms with van der Waals surface area (Å²) in [5.41, 5.74) is 1.04. The molecule has 27 heavy (non-hydrogen) atoms. The number of likely N-dealkylation sites (N-methyl/N-ethyl adjacent to an activating group) is 1. The molecule has 0 saturated carbocycles. The molecule has 0 radical (unpaired) electrons. The first-order valence-corrected chi connectivity index (χ1v) is 9.66. The Morgan fingerprint density at radius 3 is 2.33 bits per heavy atom. The Hall–Kier alpha value is -2.87. The lowest BCUT2D eigenvalue weighted by molar-refractivity contribution is -0.116. The lowest BCUT2D eigenvalue weighted by Crippen LogP contribution is -2.35. The highest BCUT2D eigenvalue weighted by atomic mass is 32.1. The summed E-state index contributed by atoms with van der Waals surface area (Å²) in [6.07, 6.45) is 2.02. The number of amides is 4. The molecule has 0 atom stereocenters. The molecule has 2 aromatic rings. The fourth-order valence-electron chi connectivity index (χ4n) is 2.88. The van der Waals surface area contributed by atoms with Crippen molar-refractivity contribution in [3.63, 3.8) is 0 Å². The zero-order valence-corrected chi connectivity index (χ0v) is 15.9. The van der Waals surface area contributed by atoms with Crippen molar-refractivity contribution in [2.24, 2.45) is 0 Å². The fourth-order valence-corrected chi connectivity index (χ4v) is 3.60. The largest absolute Gasteiger partial charge is 0.332 e. The Labute approximate surface area is 162 Å². The Morgan fingerprint density at radius 1 is 1.04 bits per heavy atom. The van der Waals surface area contributed by atoms with Crippen LogP contribution in [0, 0.1) is 0 Å². The van der Waals surface area contributed by atoms with E-state index >= 15 is 0 Å². The molecule has 4 amide bonds. The van der Waals surface area contributed by atoms with Gasteiger partial charge in [-0.2, -0.15) is 0 Å². The monoisotopic (exact) mass is 386 g/mol. The van der Waals surface area contributed by atoms with Gasteiger partial charge in [-0.1, -0.05) is 18.2 Å². The number of hydrogen-bond acceptors (Lipinski definition) is 4. The zero-order chi connectivity index (χ0) is 19.2. The SMILES string of the molecule is CN(CC(=O)Nc1ccccc1NC(=O)N1CCCC1)C(=O)c1cccs1. The predicted octanol–water partition coefficient (Wildman–Crippen LogP) is 3.09. The van der Waals surface area contributed by atoms with Gasteiger partial charge in [0, 0.05) is 20.1 Å². The number of likely N-dealkylation sites (tertiary alicyclic amines) is 1. The van der Waals surface area contributed by atoms with Gasteiger partial charge in [-0.05, 0) is 36.4 Å². The number of carbonyl (C=O) groups is 3. The Kier molecular flexibility index (Phi) is 6.08. The Morgan fingerprint density at radius 2 is 1.70 bits per heavy atom. The van der Waals surface area contributed by atoms with E-state index in [0.29, 0.717) is 16.3 Å². The molecule has 0 spiro atoms. The van der Waals surface area contributed by atoms with Crippen LogP contribution in [0.25, 0.3) is 0 Å². The second kappa shape index (κ2) is 8.68. The van der Waals surface area contributed by atoms with E-state index in [2.05, 4.69) is 10.6 Å². The third kappa shape index (κ3) is 4.85. The molecule has 7 nitrogen and oxygen atoms in total. The minimum atomic E-state index is -0.328. The van der Waals surface area contributed by atoms with Crippen molar-refractivity contribution in [2.45, 2.75) is 12.8 Å². The van der Waals surface area contributed by atoms with E-state index in [1.807, 2.05) is 5.38 Å². The van der Waals surface area contributed by atoms with Gasteiger partial charge in [-0.3, -0.25) is 9.59 Å². The van der Waals surface area contributed by atoms with E-state index < -0.39 is 0 Å². The van der Waals surface area contributed by atoms with Crippen molar-refractivity contribution in [1.29, 1.82) is 0 Å². The first-order valence-electron chi connectivity index (χ1n) is 8.78. The average molecular weight is 386 g/mol. The van der Waals surface area contributed by atoms with Crippen molar-refractivity contribution < 1.29 is 14.4 Å². The first-order chi connectivity index (χ1) is 13.0. The molecule has 1 aliphatic rings. The maximum atomic E-state index is 12.4. The summed E-state index contributed by atoms with van der Waals surface area (Å²) < 4.78 is 0. The van der Waals surface area contributed by atoms with Gasteiger partial charge in [0.1, 0.15) is 0 Å². The van der Waals surface area contributed by atoms with Crippen LogP contribution in [-0.2, 0) is 4.79 Å². The van der Waals surface area contributed by atoms with Gasteiger partial charge in [-0.25, -0.2) is 4.79 Å². The van der Waals surface area contributed by atoms with Crippen LogP contribution in [-0.4, -0.2) is 54.3 Å². The van der Waals surface area contributed by atoms with E-state index in [1.165, 1.54) is 16.2 Å². The highest BCUT2D eigenvalue weighted by Crippen LogP contribution is 2.22. The van der Waals surface area contributed by atoms with Crippen LogP contribution in [0.4, 0.5) is 16.2 Å². The van der Waals surface area contributed by atoms with Crippen molar-refractivity contribution >= 4 is 40.6 Å². The number of carbonyl (C=O) groups excluding carboxylic acids is 3. The van der Waals surface area contributed by atoms with Crippen LogP contribution < -0.4 is 10.6 Å². The summed E-state index contributed by atoms with van der Waals surface area (Å²) in [6.45, 7) is 1.41. The van der Waals surface area contributed by atoms with Gasteiger partial charge >= 0.3 is 6.03 Å². The number of urea groups is 1. The minimum Gasteiger partial charge on any atom is -0.332 e. The molecule has 1 fully saturated rings. The molecule has 2 heterocycles. The molecular formula is C19H22N4O3S. The summed E-state index contributed by atoms with van der Waals surface area (Å²) >= 11 is 1.34. The number of benzene rings is 1. The quantitative estimate of drug-likeness (QED) is 0.828. The maximum Gasteiger partial charge on any atom is 0.321 e. The topological polar surface area (TPSA) is 81.8 Å². The van der Waals surface area contributed by atoms with Crippen molar-refractivity contribution in [2.75, 3.05) is 37.3 Å². The molecule has 142 valence electrons. The standard InChI is InChI=1S/C19H22N4O3S/c1-22(18(25)16-9-6-12-27-16)13-17(24)20-14-7-2-3-8-15(14)21-19(26)23-10-4-5-11-23/h2-3,6-9,12H,4-5,10-11,13H2,1H3,(H,20,24)(H,21,26). The molecule has 2 N–H and O–H groups in total. The summed E-state index contributed by atoms with van der Waals surface area (Å²) in [7, 11) is 1.59. The summed E-state index contributed by atoms with van der Waals surface area (Å²) in [5, 5.41) is 7.44. The molecule has 1 saturated heterocycles. The minimum absolute atomic E-state index is 0.0782. The highest BCUT2D eigenvalue weighted by Gasteiger charge is 2.20. The number of anilines is 2. The zero-order valence-electron chi connectivity index (χ0n) is 15.1. The first kappa shape index (κ1) is 18.9. The molecule has 0 unspecified atom stereocenters. The Bertz CT molecular complexity index is 816. The molecular weight excluding hydrogens is 364 g/mol.